The Hall–Kier alpha value is -2.08. The summed E-state index contributed by atoms with van der Waals surface area (Å²) < 4.78 is 16.0. The third-order valence-electron chi connectivity index (χ3n) is 3.80. The molecule has 1 aromatic rings. The van der Waals surface area contributed by atoms with Gasteiger partial charge in [0, 0.05) is 5.41 Å². The van der Waals surface area contributed by atoms with Crippen LogP contribution in [0.3, 0.4) is 0 Å². The van der Waals surface area contributed by atoms with E-state index in [2.05, 4.69) is 0 Å². The van der Waals surface area contributed by atoms with Crippen molar-refractivity contribution in [2.24, 2.45) is 5.41 Å². The van der Waals surface area contributed by atoms with E-state index < -0.39 is 23.8 Å². The molecule has 1 heterocycles. The van der Waals surface area contributed by atoms with Crippen LogP contribution < -0.4 is 4.74 Å². The van der Waals surface area contributed by atoms with Crippen molar-refractivity contribution in [2.45, 2.75) is 39.5 Å². The van der Waals surface area contributed by atoms with Crippen LogP contribution in [0.15, 0.2) is 30.3 Å². The van der Waals surface area contributed by atoms with Crippen molar-refractivity contribution in [1.82, 2.24) is 4.90 Å². The zero-order valence-electron chi connectivity index (χ0n) is 14.2. The minimum Gasteiger partial charge on any atom is -0.467 e. The maximum absolute atomic E-state index is 12.7. The van der Waals surface area contributed by atoms with Gasteiger partial charge in [-0.1, -0.05) is 39.0 Å². The van der Waals surface area contributed by atoms with Crippen molar-refractivity contribution in [3.8, 4) is 5.75 Å². The first-order chi connectivity index (χ1) is 10.7. The normalized spacial score (nSPS) is 24.4. The highest BCUT2D eigenvalue weighted by Gasteiger charge is 2.56. The Bertz CT molecular complexity index is 580. The summed E-state index contributed by atoms with van der Waals surface area (Å²) >= 11 is 0. The van der Waals surface area contributed by atoms with Crippen LogP contribution in [0.4, 0.5) is 4.79 Å². The number of carbonyl (C=O) groups excluding carboxylic acids is 2. The van der Waals surface area contributed by atoms with Crippen LogP contribution in [-0.4, -0.2) is 42.4 Å². The third kappa shape index (κ3) is 3.32. The molecule has 6 heteroatoms. The lowest BCUT2D eigenvalue weighted by Crippen LogP contribution is -2.58. The number of hydrogen-bond donors (Lipinski definition) is 0. The number of hydrogen-bond acceptors (Lipinski definition) is 5. The second kappa shape index (κ2) is 6.20. The number of carbonyl (C=O) groups is 2. The highest BCUT2D eigenvalue weighted by molar-refractivity contribution is 5.87. The van der Waals surface area contributed by atoms with Gasteiger partial charge in [0.05, 0.1) is 13.7 Å². The Morgan fingerprint density at radius 1 is 1.26 bits per heavy atom. The van der Waals surface area contributed by atoms with Crippen molar-refractivity contribution in [3.05, 3.63) is 30.3 Å². The molecule has 0 aromatic heterocycles. The Kier molecular flexibility index (Phi) is 4.66. The lowest BCUT2D eigenvalue weighted by molar-refractivity contribution is -0.151. The maximum atomic E-state index is 12.7. The van der Waals surface area contributed by atoms with Gasteiger partial charge in [-0.15, -0.1) is 0 Å². The zero-order chi connectivity index (χ0) is 17.3. The van der Waals surface area contributed by atoms with E-state index in [-0.39, 0.29) is 12.0 Å². The first-order valence-corrected chi connectivity index (χ1v) is 7.46. The number of amides is 1. The van der Waals surface area contributed by atoms with E-state index in [0.717, 1.165) is 0 Å². The minimum absolute atomic E-state index is 0.0610. The highest BCUT2D eigenvalue weighted by Crippen LogP contribution is 2.38. The van der Waals surface area contributed by atoms with E-state index >= 15 is 0 Å². The molecule has 1 saturated heterocycles. The average molecular weight is 321 g/mol. The molecule has 0 spiro atoms. The average Bonchev–Trinajstić information content (AvgIpc) is 2.86. The smallest absolute Gasteiger partial charge is 0.418 e. The minimum atomic E-state index is -1.22. The fourth-order valence-electron chi connectivity index (χ4n) is 2.59. The highest BCUT2D eigenvalue weighted by atomic mass is 16.6. The molecule has 1 fully saturated rings. The van der Waals surface area contributed by atoms with Crippen LogP contribution >= 0.6 is 0 Å². The second-order valence-corrected chi connectivity index (χ2v) is 6.85. The quantitative estimate of drug-likeness (QED) is 0.784. The van der Waals surface area contributed by atoms with Gasteiger partial charge in [-0.05, 0) is 19.1 Å². The molecular weight excluding hydrogens is 298 g/mol. The van der Waals surface area contributed by atoms with Crippen LogP contribution in [-0.2, 0) is 14.3 Å². The van der Waals surface area contributed by atoms with Crippen LogP contribution in [0, 0.1) is 5.41 Å². The molecular formula is C17H23NO5. The van der Waals surface area contributed by atoms with Gasteiger partial charge in [-0.25, -0.2) is 9.59 Å². The largest absolute Gasteiger partial charge is 0.467 e. The summed E-state index contributed by atoms with van der Waals surface area (Å²) in [5.41, 5.74) is -1.61. The number of para-hydroxylation sites is 1. The molecule has 0 radical (unpaired) electrons. The first-order valence-electron chi connectivity index (χ1n) is 7.46. The fourth-order valence-corrected chi connectivity index (χ4v) is 2.59. The van der Waals surface area contributed by atoms with E-state index in [0.29, 0.717) is 5.75 Å². The molecule has 1 aliphatic rings. The lowest BCUT2D eigenvalue weighted by Gasteiger charge is -2.38. The predicted molar refractivity (Wildman–Crippen MR) is 83.9 cm³/mol. The van der Waals surface area contributed by atoms with Crippen LogP contribution in [0.5, 0.6) is 5.75 Å². The SMILES string of the molecule is COC(=O)C1(C)COC(C(C)(C)C)N1C(=O)Oc1ccccc1. The van der Waals surface area contributed by atoms with Crippen LogP contribution in [0.1, 0.15) is 27.7 Å². The zero-order valence-corrected chi connectivity index (χ0v) is 14.2. The molecule has 126 valence electrons. The molecule has 1 amide bonds. The number of esters is 1. The molecule has 6 nitrogen and oxygen atoms in total. The molecule has 23 heavy (non-hydrogen) atoms. The Labute approximate surface area is 136 Å². The lowest BCUT2D eigenvalue weighted by atomic mass is 9.91. The fraction of sp³-hybridized carbons (Fsp3) is 0.529. The third-order valence-corrected chi connectivity index (χ3v) is 3.80. The van der Waals surface area contributed by atoms with Gasteiger partial charge < -0.3 is 14.2 Å². The van der Waals surface area contributed by atoms with Crippen LogP contribution in [0.25, 0.3) is 0 Å². The number of nitrogens with zero attached hydrogens (tertiary/aromatic N) is 1. The van der Waals surface area contributed by atoms with Gasteiger partial charge in [0.1, 0.15) is 12.0 Å². The van der Waals surface area contributed by atoms with Crippen LogP contribution in [0.2, 0.25) is 0 Å². The molecule has 0 aliphatic carbocycles. The topological polar surface area (TPSA) is 65.1 Å². The summed E-state index contributed by atoms with van der Waals surface area (Å²) in [5, 5.41) is 0. The Morgan fingerprint density at radius 2 is 1.87 bits per heavy atom. The summed E-state index contributed by atoms with van der Waals surface area (Å²) in [4.78, 5) is 26.3. The number of rotatable bonds is 2. The van der Waals surface area contributed by atoms with Gasteiger partial charge in [0.15, 0.2) is 5.54 Å². The molecule has 2 unspecified atom stereocenters. The molecule has 1 aromatic carbocycles. The van der Waals surface area contributed by atoms with Crippen molar-refractivity contribution in [2.75, 3.05) is 13.7 Å². The van der Waals surface area contributed by atoms with Crippen molar-refractivity contribution in [1.29, 1.82) is 0 Å². The molecule has 0 saturated carbocycles. The monoisotopic (exact) mass is 321 g/mol. The summed E-state index contributed by atoms with van der Waals surface area (Å²) in [6.45, 7) is 7.48. The number of ether oxygens (including phenoxy) is 3. The Balaban J connectivity index is 2.34. The summed E-state index contributed by atoms with van der Waals surface area (Å²) in [7, 11) is 1.29. The first kappa shape index (κ1) is 17.3. The van der Waals surface area contributed by atoms with Gasteiger partial charge in [0.2, 0.25) is 0 Å². The molecule has 2 rings (SSSR count). The standard InChI is InChI=1S/C17H23NO5/c1-16(2,3)13-18(17(4,11-22-13)14(19)21-5)15(20)23-12-9-7-6-8-10-12/h6-10,13H,11H2,1-5H3. The maximum Gasteiger partial charge on any atom is 0.418 e. The van der Waals surface area contributed by atoms with E-state index in [4.69, 9.17) is 14.2 Å². The molecule has 0 N–H and O–H groups in total. The number of methoxy groups -OCH3 is 1. The van der Waals surface area contributed by atoms with Gasteiger partial charge in [0.25, 0.3) is 0 Å². The van der Waals surface area contributed by atoms with Crippen molar-refractivity contribution < 1.29 is 23.8 Å². The predicted octanol–water partition coefficient (Wildman–Crippen LogP) is 2.82. The molecule has 2 atom stereocenters. The van der Waals surface area contributed by atoms with Gasteiger partial charge in [-0.3, -0.25) is 4.90 Å². The van der Waals surface area contributed by atoms with E-state index in [1.807, 2.05) is 26.8 Å². The van der Waals surface area contributed by atoms with Crippen molar-refractivity contribution >= 4 is 12.1 Å². The van der Waals surface area contributed by atoms with E-state index in [1.54, 1.807) is 31.2 Å². The summed E-state index contributed by atoms with van der Waals surface area (Å²) in [5.74, 6) is -0.126. The molecule has 1 aliphatic heterocycles. The van der Waals surface area contributed by atoms with Gasteiger partial charge in [-0.2, -0.15) is 0 Å². The number of benzene rings is 1. The van der Waals surface area contributed by atoms with E-state index in [1.165, 1.54) is 12.0 Å². The summed E-state index contributed by atoms with van der Waals surface area (Å²) in [6, 6.07) is 8.72. The van der Waals surface area contributed by atoms with Gasteiger partial charge >= 0.3 is 12.1 Å². The Morgan fingerprint density at radius 3 is 2.39 bits per heavy atom. The van der Waals surface area contributed by atoms with E-state index in [9.17, 15) is 9.59 Å². The molecule has 0 bridgehead atoms. The summed E-state index contributed by atoms with van der Waals surface area (Å²) in [6.07, 6.45) is -1.23. The second-order valence-electron chi connectivity index (χ2n) is 6.85. The van der Waals surface area contributed by atoms with Crippen molar-refractivity contribution in [3.63, 3.8) is 0 Å².